The monoisotopic (exact) mass is 541 g/mol. The number of aromatic amines is 1. The van der Waals surface area contributed by atoms with E-state index in [-0.39, 0.29) is 5.91 Å². The number of hydrogen-bond donors (Lipinski definition) is 3. The van der Waals surface area contributed by atoms with E-state index in [9.17, 15) is 4.79 Å². The molecule has 2 fully saturated rings. The topological polar surface area (TPSA) is 108 Å². The molecule has 11 heteroatoms. The van der Waals surface area contributed by atoms with Gasteiger partial charge < -0.3 is 30.0 Å². The van der Waals surface area contributed by atoms with Crippen LogP contribution in [0.3, 0.4) is 0 Å². The molecule has 0 spiro atoms. The molecule has 0 unspecified atom stereocenters. The number of methoxy groups -OCH3 is 1. The first-order valence-electron chi connectivity index (χ1n) is 13.4. The van der Waals surface area contributed by atoms with Crippen LogP contribution in [0.5, 0.6) is 5.75 Å². The van der Waals surface area contributed by atoms with Crippen molar-refractivity contribution >= 4 is 46.0 Å². The molecule has 3 N–H and O–H groups in total. The van der Waals surface area contributed by atoms with Crippen LogP contribution in [0.25, 0.3) is 11.0 Å². The highest BCUT2D eigenvalue weighted by molar-refractivity contribution is 6.36. The lowest BCUT2D eigenvalue weighted by atomic mass is 10.0. The van der Waals surface area contributed by atoms with E-state index >= 15 is 0 Å². The third kappa shape index (κ3) is 5.82. The minimum absolute atomic E-state index is 0.0244. The molecule has 2 aromatic heterocycles. The molecule has 1 amide bonds. The Kier molecular flexibility index (Phi) is 8.51. The lowest BCUT2D eigenvalue weighted by molar-refractivity contribution is 0.00159. The number of unbranched alkanes of at least 4 members (excludes halogenated alkanes) is 1. The largest absolute Gasteiger partial charge is 0.495 e. The minimum atomic E-state index is 0.0244. The molecule has 0 bridgehead atoms. The van der Waals surface area contributed by atoms with Crippen LogP contribution in [0.2, 0.25) is 5.02 Å². The van der Waals surface area contributed by atoms with Gasteiger partial charge >= 0.3 is 0 Å². The fourth-order valence-corrected chi connectivity index (χ4v) is 5.40. The van der Waals surface area contributed by atoms with Crippen LogP contribution in [0.1, 0.15) is 43.0 Å². The maximum atomic E-state index is 13.3. The minimum Gasteiger partial charge on any atom is -0.495 e. The maximum absolute atomic E-state index is 13.3. The van der Waals surface area contributed by atoms with Crippen molar-refractivity contribution in [3.63, 3.8) is 0 Å². The van der Waals surface area contributed by atoms with Crippen molar-refractivity contribution in [3.05, 3.63) is 35.0 Å². The Labute approximate surface area is 228 Å². The molecule has 2 saturated heterocycles. The van der Waals surface area contributed by atoms with Crippen molar-refractivity contribution in [1.82, 2.24) is 24.8 Å². The highest BCUT2D eigenvalue weighted by Gasteiger charge is 2.28. The molecule has 0 atom stereocenters. The van der Waals surface area contributed by atoms with Gasteiger partial charge in [-0.25, -0.2) is 0 Å². The third-order valence-corrected chi connectivity index (χ3v) is 7.61. The predicted molar refractivity (Wildman–Crippen MR) is 150 cm³/mol. The molecule has 1 aromatic carbocycles. The summed E-state index contributed by atoms with van der Waals surface area (Å²) in [7, 11) is 1.59. The van der Waals surface area contributed by atoms with Crippen LogP contribution in [-0.4, -0.2) is 89.7 Å². The van der Waals surface area contributed by atoms with Gasteiger partial charge in [0.2, 0.25) is 5.95 Å². The molecule has 10 nitrogen and oxygen atoms in total. The van der Waals surface area contributed by atoms with Crippen molar-refractivity contribution in [2.24, 2.45) is 0 Å². The van der Waals surface area contributed by atoms with Gasteiger partial charge in [-0.15, -0.1) is 0 Å². The number of halogens is 1. The number of hydrogen-bond acceptors (Lipinski definition) is 8. The number of nitrogens with zero attached hydrogens (tertiary/aromatic N) is 4. The Morgan fingerprint density at radius 2 is 2.00 bits per heavy atom. The zero-order chi connectivity index (χ0) is 26.5. The summed E-state index contributed by atoms with van der Waals surface area (Å²) < 4.78 is 11.1. The summed E-state index contributed by atoms with van der Waals surface area (Å²) in [5.41, 5.74) is 1.91. The number of H-pyrrole nitrogens is 1. The summed E-state index contributed by atoms with van der Waals surface area (Å²) in [4.78, 5) is 30.1. The van der Waals surface area contributed by atoms with E-state index in [1.54, 1.807) is 19.4 Å². The number of piperidine rings is 1. The number of morpholine rings is 1. The number of carbonyl (C=O) groups is 1. The molecule has 5 rings (SSSR count). The van der Waals surface area contributed by atoms with Crippen molar-refractivity contribution in [1.29, 1.82) is 0 Å². The number of ether oxygens (including phenoxy) is 2. The van der Waals surface area contributed by atoms with Gasteiger partial charge in [-0.1, -0.05) is 24.9 Å². The first-order valence-corrected chi connectivity index (χ1v) is 13.8. The summed E-state index contributed by atoms with van der Waals surface area (Å²) in [6.07, 6.45) is 5.77. The molecular formula is C27H36ClN7O3. The molecule has 4 heterocycles. The van der Waals surface area contributed by atoms with Crippen LogP contribution in [-0.2, 0) is 4.74 Å². The summed E-state index contributed by atoms with van der Waals surface area (Å²) in [5.74, 6) is 1.64. The molecular weight excluding hydrogens is 506 g/mol. The number of benzene rings is 1. The molecule has 204 valence electrons. The highest BCUT2D eigenvalue weighted by atomic mass is 35.5. The zero-order valence-corrected chi connectivity index (χ0v) is 22.8. The number of nitrogens with one attached hydrogen (secondary N) is 3. The average Bonchev–Trinajstić information content (AvgIpc) is 3.34. The average molecular weight is 542 g/mol. The fourth-order valence-electron chi connectivity index (χ4n) is 5.17. The van der Waals surface area contributed by atoms with Crippen molar-refractivity contribution in [2.75, 3.05) is 63.7 Å². The molecule has 0 saturated carbocycles. The summed E-state index contributed by atoms with van der Waals surface area (Å²) >= 11 is 6.37. The smallest absolute Gasteiger partial charge is 0.253 e. The quantitative estimate of drug-likeness (QED) is 0.340. The van der Waals surface area contributed by atoms with Crippen LogP contribution in [0, 0.1) is 0 Å². The van der Waals surface area contributed by atoms with Gasteiger partial charge in [0.1, 0.15) is 17.2 Å². The lowest BCUT2D eigenvalue weighted by Crippen LogP contribution is -2.50. The maximum Gasteiger partial charge on any atom is 0.253 e. The number of fused-ring (bicyclic) bond motifs is 1. The van der Waals surface area contributed by atoms with Gasteiger partial charge in [0.05, 0.1) is 36.4 Å². The van der Waals surface area contributed by atoms with Crippen LogP contribution in [0.15, 0.2) is 24.4 Å². The van der Waals surface area contributed by atoms with Crippen molar-refractivity contribution in [3.8, 4) is 5.75 Å². The Balaban J connectivity index is 1.28. The number of aromatic nitrogens is 3. The number of likely N-dealkylation sites (tertiary alicyclic amines) is 1. The Morgan fingerprint density at radius 1 is 1.21 bits per heavy atom. The number of amides is 1. The number of anilines is 3. The number of rotatable bonds is 9. The first-order chi connectivity index (χ1) is 18.6. The Bertz CT molecular complexity index is 1250. The second kappa shape index (κ2) is 12.2. The van der Waals surface area contributed by atoms with Crippen LogP contribution < -0.4 is 15.4 Å². The van der Waals surface area contributed by atoms with Crippen molar-refractivity contribution < 1.29 is 14.3 Å². The summed E-state index contributed by atoms with van der Waals surface area (Å²) in [5, 5.41) is 7.95. The van der Waals surface area contributed by atoms with Crippen LogP contribution >= 0.6 is 11.6 Å². The summed E-state index contributed by atoms with van der Waals surface area (Å²) in [6.45, 7) is 7.99. The zero-order valence-electron chi connectivity index (χ0n) is 22.1. The standard InChI is InChI=1S/C27H36ClN7O3/c1-3-4-9-29-24-23-20(28)17-30-25(23)33-27(32-24)31-21-6-5-18(16-22(21)37-2)26(36)35-10-7-19(8-11-35)34-12-14-38-15-13-34/h5-6,16-17,19H,3-4,7-15H2,1-2H3,(H3,29,30,31,32,33). The first kappa shape index (κ1) is 26.5. The van der Waals surface area contributed by atoms with Gasteiger partial charge in [-0.2, -0.15) is 9.97 Å². The van der Waals surface area contributed by atoms with E-state index in [1.807, 2.05) is 17.0 Å². The highest BCUT2D eigenvalue weighted by Crippen LogP contribution is 2.32. The molecule has 0 radical (unpaired) electrons. The van der Waals surface area contributed by atoms with Gasteiger partial charge in [-0.05, 0) is 37.5 Å². The molecule has 38 heavy (non-hydrogen) atoms. The number of carbonyl (C=O) groups excluding carboxylic acids is 1. The van der Waals surface area contributed by atoms with Gasteiger partial charge in [-0.3, -0.25) is 9.69 Å². The molecule has 2 aliphatic rings. The van der Waals surface area contributed by atoms with Gasteiger partial charge in [0, 0.05) is 50.5 Å². The third-order valence-electron chi connectivity index (χ3n) is 7.31. The fraction of sp³-hybridized carbons (Fsp3) is 0.519. The second-order valence-corrected chi connectivity index (χ2v) is 10.2. The van der Waals surface area contributed by atoms with E-state index in [1.165, 1.54) is 0 Å². The van der Waals surface area contributed by atoms with Gasteiger partial charge in [0.15, 0.2) is 0 Å². The lowest BCUT2D eigenvalue weighted by Gasteiger charge is -2.40. The molecule has 3 aromatic rings. The predicted octanol–water partition coefficient (Wildman–Crippen LogP) is 4.51. The Morgan fingerprint density at radius 3 is 2.74 bits per heavy atom. The normalized spacial score (nSPS) is 17.1. The molecule has 0 aliphatic carbocycles. The van der Waals surface area contributed by atoms with E-state index < -0.39 is 0 Å². The van der Waals surface area contributed by atoms with Crippen LogP contribution in [0.4, 0.5) is 17.5 Å². The van der Waals surface area contributed by atoms with E-state index in [0.29, 0.717) is 45.5 Å². The Hall–Kier alpha value is -3.08. The molecule has 2 aliphatic heterocycles. The summed E-state index contributed by atoms with van der Waals surface area (Å²) in [6, 6.07) is 5.97. The van der Waals surface area contributed by atoms with E-state index in [2.05, 4.69) is 37.4 Å². The van der Waals surface area contributed by atoms with Crippen molar-refractivity contribution in [2.45, 2.75) is 38.6 Å². The SMILES string of the molecule is CCCCNc1nc(Nc2ccc(C(=O)N3CCC(N4CCOCC4)CC3)cc2OC)nc2[nH]cc(Cl)c12. The van der Waals surface area contributed by atoms with E-state index in [4.69, 9.17) is 21.1 Å². The second-order valence-electron chi connectivity index (χ2n) is 9.75. The van der Waals surface area contributed by atoms with Gasteiger partial charge in [0.25, 0.3) is 5.91 Å². The van der Waals surface area contributed by atoms with E-state index in [0.717, 1.165) is 77.0 Å².